The lowest BCUT2D eigenvalue weighted by Crippen LogP contribution is -2.07. The van der Waals surface area contributed by atoms with Crippen molar-refractivity contribution >= 4 is 15.9 Å². The van der Waals surface area contributed by atoms with E-state index in [1.165, 1.54) is 18.6 Å². The standard InChI is InChI=1S/C10H13BrO/c1-2-10(6-8(10)7-11)9-4-3-5-12-9/h3-5,8H,2,6-7H2,1H3. The molecule has 1 fully saturated rings. The van der Waals surface area contributed by atoms with Gasteiger partial charge in [-0.1, -0.05) is 22.9 Å². The van der Waals surface area contributed by atoms with Gasteiger partial charge in [0.05, 0.1) is 6.26 Å². The third-order valence-corrected chi connectivity index (χ3v) is 3.84. The summed E-state index contributed by atoms with van der Waals surface area (Å²) in [6.45, 7) is 2.24. The third kappa shape index (κ3) is 1.05. The van der Waals surface area contributed by atoms with Gasteiger partial charge >= 0.3 is 0 Å². The summed E-state index contributed by atoms with van der Waals surface area (Å²) in [5.74, 6) is 1.96. The van der Waals surface area contributed by atoms with Gasteiger partial charge in [0.15, 0.2) is 0 Å². The van der Waals surface area contributed by atoms with Gasteiger partial charge in [-0.25, -0.2) is 0 Å². The highest BCUT2D eigenvalue weighted by Crippen LogP contribution is 2.57. The van der Waals surface area contributed by atoms with E-state index in [4.69, 9.17) is 4.42 Å². The van der Waals surface area contributed by atoms with Crippen LogP contribution in [-0.2, 0) is 5.41 Å². The molecule has 0 aromatic carbocycles. The molecule has 1 aliphatic carbocycles. The Labute approximate surface area is 81.3 Å². The van der Waals surface area contributed by atoms with E-state index in [2.05, 4.69) is 28.9 Å². The molecule has 1 aromatic rings. The smallest absolute Gasteiger partial charge is 0.110 e. The van der Waals surface area contributed by atoms with Crippen molar-refractivity contribution in [2.45, 2.75) is 25.2 Å². The van der Waals surface area contributed by atoms with Crippen LogP contribution in [0.25, 0.3) is 0 Å². The van der Waals surface area contributed by atoms with Gasteiger partial charge in [0.2, 0.25) is 0 Å². The second-order valence-electron chi connectivity index (χ2n) is 3.54. The van der Waals surface area contributed by atoms with Crippen molar-refractivity contribution in [3.8, 4) is 0 Å². The summed E-state index contributed by atoms with van der Waals surface area (Å²) in [4.78, 5) is 0. The Morgan fingerprint density at radius 2 is 2.58 bits per heavy atom. The van der Waals surface area contributed by atoms with Crippen LogP contribution in [0.2, 0.25) is 0 Å². The lowest BCUT2D eigenvalue weighted by Gasteiger charge is -2.10. The molecule has 0 N–H and O–H groups in total. The topological polar surface area (TPSA) is 13.1 Å². The summed E-state index contributed by atoms with van der Waals surface area (Å²) < 4.78 is 5.46. The Morgan fingerprint density at radius 3 is 3.00 bits per heavy atom. The van der Waals surface area contributed by atoms with Crippen LogP contribution in [0.3, 0.4) is 0 Å². The highest BCUT2D eigenvalue weighted by molar-refractivity contribution is 9.09. The van der Waals surface area contributed by atoms with E-state index in [1.54, 1.807) is 6.26 Å². The molecular formula is C10H13BrO. The molecule has 66 valence electrons. The van der Waals surface area contributed by atoms with E-state index >= 15 is 0 Å². The number of rotatable bonds is 3. The minimum atomic E-state index is 0.368. The van der Waals surface area contributed by atoms with Crippen LogP contribution in [-0.4, -0.2) is 5.33 Å². The first kappa shape index (κ1) is 8.36. The van der Waals surface area contributed by atoms with Crippen LogP contribution < -0.4 is 0 Å². The van der Waals surface area contributed by atoms with Gasteiger partial charge in [0.25, 0.3) is 0 Å². The van der Waals surface area contributed by atoms with E-state index in [0.29, 0.717) is 5.41 Å². The Bertz CT molecular complexity index is 255. The number of hydrogen-bond donors (Lipinski definition) is 0. The summed E-state index contributed by atoms with van der Waals surface area (Å²) in [5, 5.41) is 1.10. The Balaban J connectivity index is 2.22. The zero-order valence-corrected chi connectivity index (χ0v) is 8.80. The molecule has 1 heterocycles. The molecule has 0 aliphatic heterocycles. The van der Waals surface area contributed by atoms with E-state index in [-0.39, 0.29) is 0 Å². The summed E-state index contributed by atoms with van der Waals surface area (Å²) in [6, 6.07) is 4.09. The molecule has 2 heteroatoms. The van der Waals surface area contributed by atoms with Crippen LogP contribution in [0.1, 0.15) is 25.5 Å². The highest BCUT2D eigenvalue weighted by atomic mass is 79.9. The fourth-order valence-electron chi connectivity index (χ4n) is 2.05. The first-order chi connectivity index (χ1) is 5.83. The van der Waals surface area contributed by atoms with Crippen LogP contribution in [0.5, 0.6) is 0 Å². The second-order valence-corrected chi connectivity index (χ2v) is 4.19. The molecule has 2 rings (SSSR count). The Kier molecular flexibility index (Phi) is 2.03. The number of hydrogen-bond acceptors (Lipinski definition) is 1. The molecule has 1 saturated carbocycles. The van der Waals surface area contributed by atoms with Crippen molar-refractivity contribution in [2.75, 3.05) is 5.33 Å². The summed E-state index contributed by atoms with van der Waals surface area (Å²) >= 11 is 3.54. The van der Waals surface area contributed by atoms with Gasteiger partial charge in [0, 0.05) is 10.7 Å². The molecule has 0 bridgehead atoms. The minimum absolute atomic E-state index is 0.368. The molecule has 2 unspecified atom stereocenters. The SMILES string of the molecule is CCC1(c2ccco2)CC1CBr. The quantitative estimate of drug-likeness (QED) is 0.724. The van der Waals surface area contributed by atoms with Crippen molar-refractivity contribution < 1.29 is 4.42 Å². The molecule has 0 saturated heterocycles. The molecular weight excluding hydrogens is 216 g/mol. The summed E-state index contributed by atoms with van der Waals surface area (Å²) in [6.07, 6.45) is 4.25. The maximum Gasteiger partial charge on any atom is 0.110 e. The van der Waals surface area contributed by atoms with E-state index in [0.717, 1.165) is 11.2 Å². The van der Waals surface area contributed by atoms with Gasteiger partial charge in [-0.3, -0.25) is 0 Å². The first-order valence-corrected chi connectivity index (χ1v) is 5.55. The van der Waals surface area contributed by atoms with Gasteiger partial charge in [0.1, 0.15) is 5.76 Å². The molecule has 1 aromatic heterocycles. The molecule has 12 heavy (non-hydrogen) atoms. The fraction of sp³-hybridized carbons (Fsp3) is 0.600. The van der Waals surface area contributed by atoms with Crippen LogP contribution in [0.4, 0.5) is 0 Å². The third-order valence-electron chi connectivity index (χ3n) is 3.06. The molecule has 1 aliphatic rings. The van der Waals surface area contributed by atoms with Gasteiger partial charge in [-0.2, -0.15) is 0 Å². The van der Waals surface area contributed by atoms with Gasteiger partial charge in [-0.15, -0.1) is 0 Å². The van der Waals surface area contributed by atoms with E-state index in [9.17, 15) is 0 Å². The number of furan rings is 1. The van der Waals surface area contributed by atoms with Gasteiger partial charge in [-0.05, 0) is 30.9 Å². The zero-order valence-electron chi connectivity index (χ0n) is 7.22. The number of halogens is 1. The maximum atomic E-state index is 5.46. The average molecular weight is 229 g/mol. The van der Waals surface area contributed by atoms with Crippen molar-refractivity contribution in [3.05, 3.63) is 24.2 Å². The Hall–Kier alpha value is -0.240. The lowest BCUT2D eigenvalue weighted by atomic mass is 9.98. The second kappa shape index (κ2) is 2.91. The van der Waals surface area contributed by atoms with Crippen molar-refractivity contribution in [3.63, 3.8) is 0 Å². The van der Waals surface area contributed by atoms with Crippen molar-refractivity contribution in [2.24, 2.45) is 5.92 Å². The lowest BCUT2D eigenvalue weighted by molar-refractivity contribution is 0.428. The Morgan fingerprint density at radius 1 is 1.75 bits per heavy atom. The summed E-state index contributed by atoms with van der Waals surface area (Å²) in [7, 11) is 0. The minimum Gasteiger partial charge on any atom is -0.469 e. The monoisotopic (exact) mass is 228 g/mol. The highest BCUT2D eigenvalue weighted by Gasteiger charge is 2.54. The maximum absolute atomic E-state index is 5.46. The van der Waals surface area contributed by atoms with Crippen molar-refractivity contribution in [1.82, 2.24) is 0 Å². The first-order valence-electron chi connectivity index (χ1n) is 4.43. The zero-order chi connectivity index (χ0) is 8.60. The van der Waals surface area contributed by atoms with E-state index in [1.807, 2.05) is 6.07 Å². The van der Waals surface area contributed by atoms with Gasteiger partial charge < -0.3 is 4.42 Å². The van der Waals surface area contributed by atoms with Crippen LogP contribution >= 0.6 is 15.9 Å². The predicted octanol–water partition coefficient (Wildman–Crippen LogP) is 3.34. The average Bonchev–Trinajstić information content (AvgIpc) is 2.57. The summed E-state index contributed by atoms with van der Waals surface area (Å²) in [5.41, 5.74) is 0.368. The predicted molar refractivity (Wildman–Crippen MR) is 52.6 cm³/mol. The molecule has 1 nitrogen and oxygen atoms in total. The number of alkyl halides is 1. The van der Waals surface area contributed by atoms with Crippen LogP contribution in [0, 0.1) is 5.92 Å². The van der Waals surface area contributed by atoms with Crippen LogP contribution in [0.15, 0.2) is 22.8 Å². The van der Waals surface area contributed by atoms with Crippen molar-refractivity contribution in [1.29, 1.82) is 0 Å². The van der Waals surface area contributed by atoms with E-state index < -0.39 is 0 Å². The largest absolute Gasteiger partial charge is 0.469 e. The molecule has 0 radical (unpaired) electrons. The fourth-order valence-corrected chi connectivity index (χ4v) is 2.90. The molecule has 0 spiro atoms. The molecule has 0 amide bonds. The normalized spacial score (nSPS) is 33.7. The molecule has 2 atom stereocenters.